The summed E-state index contributed by atoms with van der Waals surface area (Å²) in [6, 6.07) is 0. The van der Waals surface area contributed by atoms with Gasteiger partial charge in [-0.25, -0.2) is 0 Å². The van der Waals surface area contributed by atoms with Crippen LogP contribution in [0.2, 0.25) is 0 Å². The van der Waals surface area contributed by atoms with E-state index in [1.165, 1.54) is 5.57 Å². The zero-order chi connectivity index (χ0) is 14.8. The standard InChI is InChI=1S/C18H29N/c1-8-10-16(9-2)15(7)18(19,12(3)4)17-11-13(5)14(17)6/h8,10,13-14,17H,1,3,7,9,11,19H2,2,4-6H3/b16-10+. The van der Waals surface area contributed by atoms with Gasteiger partial charge in [0.15, 0.2) is 0 Å². The average molecular weight is 259 g/mol. The van der Waals surface area contributed by atoms with Crippen LogP contribution in [0.15, 0.2) is 48.6 Å². The molecule has 0 spiro atoms. The summed E-state index contributed by atoms with van der Waals surface area (Å²) in [5, 5.41) is 0. The lowest BCUT2D eigenvalue weighted by Gasteiger charge is -2.52. The summed E-state index contributed by atoms with van der Waals surface area (Å²) in [4.78, 5) is 0. The van der Waals surface area contributed by atoms with Gasteiger partial charge in [-0.2, -0.15) is 0 Å². The minimum atomic E-state index is -0.475. The van der Waals surface area contributed by atoms with Crippen molar-refractivity contribution >= 4 is 0 Å². The average Bonchev–Trinajstić information content (AvgIpc) is 2.39. The number of nitrogens with two attached hydrogens (primary N) is 1. The smallest absolute Gasteiger partial charge is 0.0648 e. The first-order valence-electron chi connectivity index (χ1n) is 7.26. The first-order chi connectivity index (χ1) is 8.80. The molecule has 0 aromatic heterocycles. The molecule has 2 N–H and O–H groups in total. The monoisotopic (exact) mass is 259 g/mol. The Labute approximate surface area is 119 Å². The van der Waals surface area contributed by atoms with Crippen LogP contribution < -0.4 is 5.73 Å². The third-order valence-electron chi connectivity index (χ3n) is 5.04. The van der Waals surface area contributed by atoms with E-state index in [-0.39, 0.29) is 0 Å². The lowest BCUT2D eigenvalue weighted by atomic mass is 9.55. The van der Waals surface area contributed by atoms with Crippen LogP contribution in [0.3, 0.4) is 0 Å². The lowest BCUT2D eigenvalue weighted by molar-refractivity contribution is 0.0602. The normalized spacial score (nSPS) is 30.2. The molecule has 1 rings (SSSR count). The Bertz CT molecular complexity index is 415. The van der Waals surface area contributed by atoms with E-state index >= 15 is 0 Å². The van der Waals surface area contributed by atoms with Crippen molar-refractivity contribution in [3.8, 4) is 0 Å². The molecule has 0 amide bonds. The summed E-state index contributed by atoms with van der Waals surface area (Å²) in [6.07, 6.45) is 5.93. The maximum atomic E-state index is 6.77. The molecule has 1 heteroatoms. The summed E-state index contributed by atoms with van der Waals surface area (Å²) in [5.41, 5.74) is 9.52. The van der Waals surface area contributed by atoms with E-state index in [1.54, 1.807) is 0 Å². The highest BCUT2D eigenvalue weighted by molar-refractivity contribution is 5.46. The fourth-order valence-corrected chi connectivity index (χ4v) is 3.27. The maximum absolute atomic E-state index is 6.77. The molecule has 0 aromatic rings. The topological polar surface area (TPSA) is 26.0 Å². The summed E-state index contributed by atoms with van der Waals surface area (Å²) in [6.45, 7) is 21.0. The summed E-state index contributed by atoms with van der Waals surface area (Å²) < 4.78 is 0. The van der Waals surface area contributed by atoms with E-state index in [2.05, 4.69) is 40.5 Å². The van der Waals surface area contributed by atoms with E-state index in [0.29, 0.717) is 11.8 Å². The van der Waals surface area contributed by atoms with Gasteiger partial charge in [0, 0.05) is 0 Å². The van der Waals surface area contributed by atoms with Gasteiger partial charge >= 0.3 is 0 Å². The van der Waals surface area contributed by atoms with Gasteiger partial charge in [-0.1, -0.05) is 58.2 Å². The van der Waals surface area contributed by atoms with Crippen LogP contribution in [-0.4, -0.2) is 5.54 Å². The van der Waals surface area contributed by atoms with Crippen molar-refractivity contribution in [1.29, 1.82) is 0 Å². The molecular weight excluding hydrogens is 230 g/mol. The maximum Gasteiger partial charge on any atom is 0.0648 e. The van der Waals surface area contributed by atoms with Gasteiger partial charge in [0.05, 0.1) is 5.54 Å². The van der Waals surface area contributed by atoms with E-state index in [0.717, 1.165) is 29.9 Å². The molecule has 0 bridgehead atoms. The molecule has 1 aliphatic rings. The molecule has 1 saturated carbocycles. The van der Waals surface area contributed by atoms with Gasteiger partial charge in [-0.15, -0.1) is 0 Å². The van der Waals surface area contributed by atoms with Crippen LogP contribution in [0, 0.1) is 17.8 Å². The lowest BCUT2D eigenvalue weighted by Crippen LogP contribution is -2.57. The number of hydrogen-bond acceptors (Lipinski definition) is 1. The van der Waals surface area contributed by atoms with Crippen LogP contribution in [0.1, 0.15) is 40.5 Å². The fraction of sp³-hybridized carbons (Fsp3) is 0.556. The zero-order valence-corrected chi connectivity index (χ0v) is 13.0. The van der Waals surface area contributed by atoms with Gasteiger partial charge in [0.25, 0.3) is 0 Å². The Balaban J connectivity index is 3.13. The highest BCUT2D eigenvalue weighted by Crippen LogP contribution is 2.50. The quantitative estimate of drug-likeness (QED) is 0.546. The Morgan fingerprint density at radius 2 is 1.95 bits per heavy atom. The largest absolute Gasteiger partial charge is 0.318 e. The molecule has 0 aromatic carbocycles. The number of hydrogen-bond donors (Lipinski definition) is 1. The second kappa shape index (κ2) is 5.92. The van der Waals surface area contributed by atoms with Gasteiger partial charge in [-0.05, 0) is 48.7 Å². The minimum Gasteiger partial charge on any atom is -0.318 e. The van der Waals surface area contributed by atoms with Crippen LogP contribution in [-0.2, 0) is 0 Å². The predicted octanol–water partition coefficient (Wildman–Crippen LogP) is 4.63. The van der Waals surface area contributed by atoms with Gasteiger partial charge in [-0.3, -0.25) is 0 Å². The summed E-state index contributed by atoms with van der Waals surface area (Å²) in [5.74, 6) is 1.82. The number of allylic oxidation sites excluding steroid dienone is 2. The van der Waals surface area contributed by atoms with Crippen LogP contribution in [0.4, 0.5) is 0 Å². The molecule has 0 saturated heterocycles. The number of rotatable bonds is 6. The molecular formula is C18H29N. The van der Waals surface area contributed by atoms with Gasteiger partial charge in [0.2, 0.25) is 0 Å². The van der Waals surface area contributed by atoms with Crippen molar-refractivity contribution in [3.63, 3.8) is 0 Å². The second-order valence-corrected chi connectivity index (χ2v) is 6.09. The van der Waals surface area contributed by atoms with E-state index in [9.17, 15) is 0 Å². The van der Waals surface area contributed by atoms with E-state index in [4.69, 9.17) is 5.73 Å². The van der Waals surface area contributed by atoms with Crippen molar-refractivity contribution in [2.45, 2.75) is 46.1 Å². The summed E-state index contributed by atoms with van der Waals surface area (Å²) >= 11 is 0. The van der Waals surface area contributed by atoms with Crippen LogP contribution in [0.25, 0.3) is 0 Å². The fourth-order valence-electron chi connectivity index (χ4n) is 3.27. The summed E-state index contributed by atoms with van der Waals surface area (Å²) in [7, 11) is 0. The zero-order valence-electron chi connectivity index (χ0n) is 13.0. The van der Waals surface area contributed by atoms with Gasteiger partial charge in [0.1, 0.15) is 0 Å². The highest BCUT2D eigenvalue weighted by atomic mass is 14.8. The van der Waals surface area contributed by atoms with E-state index < -0.39 is 5.54 Å². The van der Waals surface area contributed by atoms with Gasteiger partial charge < -0.3 is 5.73 Å². The third-order valence-corrected chi connectivity index (χ3v) is 5.04. The molecule has 1 aliphatic carbocycles. The molecule has 0 aliphatic heterocycles. The predicted molar refractivity (Wildman–Crippen MR) is 85.9 cm³/mol. The second-order valence-electron chi connectivity index (χ2n) is 6.09. The Kier molecular flexibility index (Phi) is 4.98. The molecule has 0 heterocycles. The van der Waals surface area contributed by atoms with Crippen LogP contribution >= 0.6 is 0 Å². The SMILES string of the molecule is C=C/C=C(\CC)C(=C)C(N)(C(=C)C)C1CC(C)C1C. The first kappa shape index (κ1) is 16.0. The molecule has 4 atom stereocenters. The van der Waals surface area contributed by atoms with Crippen molar-refractivity contribution < 1.29 is 0 Å². The third kappa shape index (κ3) is 2.62. The van der Waals surface area contributed by atoms with E-state index in [1.807, 2.05) is 19.1 Å². The highest BCUT2D eigenvalue weighted by Gasteiger charge is 2.49. The van der Waals surface area contributed by atoms with Crippen molar-refractivity contribution in [2.24, 2.45) is 23.5 Å². The molecule has 1 nitrogen and oxygen atoms in total. The van der Waals surface area contributed by atoms with Crippen molar-refractivity contribution in [1.82, 2.24) is 0 Å². The Morgan fingerprint density at radius 3 is 2.26 bits per heavy atom. The molecule has 4 unspecified atom stereocenters. The molecule has 0 radical (unpaired) electrons. The van der Waals surface area contributed by atoms with Crippen LogP contribution in [0.5, 0.6) is 0 Å². The Morgan fingerprint density at radius 1 is 1.37 bits per heavy atom. The Hall–Kier alpha value is -1.08. The molecule has 1 fully saturated rings. The van der Waals surface area contributed by atoms with Crippen molar-refractivity contribution in [3.05, 3.63) is 48.6 Å². The van der Waals surface area contributed by atoms with Crippen molar-refractivity contribution in [2.75, 3.05) is 0 Å². The molecule has 106 valence electrons. The molecule has 19 heavy (non-hydrogen) atoms. The first-order valence-corrected chi connectivity index (χ1v) is 7.26. The minimum absolute atomic E-state index is 0.451.